The van der Waals surface area contributed by atoms with Gasteiger partial charge in [0.05, 0.1) is 11.0 Å². The van der Waals surface area contributed by atoms with Gasteiger partial charge >= 0.3 is 5.97 Å². The Bertz CT molecular complexity index is 1090. The number of hydrogen-bond donors (Lipinski definition) is 7. The third-order valence-corrected chi connectivity index (χ3v) is 5.63. The summed E-state index contributed by atoms with van der Waals surface area (Å²) >= 11 is 0. The van der Waals surface area contributed by atoms with Crippen molar-refractivity contribution in [1.29, 1.82) is 0 Å². The molecule has 3 amide bonds. The van der Waals surface area contributed by atoms with Crippen LogP contribution >= 0.6 is 0 Å². The van der Waals surface area contributed by atoms with Gasteiger partial charge < -0.3 is 38.3 Å². The molecule has 1 rings (SSSR count). The van der Waals surface area contributed by atoms with Crippen LogP contribution in [0.1, 0.15) is 57.3 Å². The molecule has 10 N–H and O–H groups in total. The van der Waals surface area contributed by atoms with Gasteiger partial charge in [0.2, 0.25) is 17.7 Å². The highest BCUT2D eigenvalue weighted by Gasteiger charge is 2.30. The van der Waals surface area contributed by atoms with Crippen LogP contribution in [0.15, 0.2) is 23.2 Å². The van der Waals surface area contributed by atoms with Crippen LogP contribution in [0.3, 0.4) is 0 Å². The Morgan fingerprint density at radius 1 is 1.03 bits per heavy atom. The van der Waals surface area contributed by atoms with Crippen LogP contribution in [-0.4, -0.2) is 64.4 Å². The number of nitro benzene ring substituents is 1. The first-order chi connectivity index (χ1) is 18.1. The first kappa shape index (κ1) is 32.8. The van der Waals surface area contributed by atoms with E-state index in [1.165, 1.54) is 6.07 Å². The van der Waals surface area contributed by atoms with Gasteiger partial charge in [0.25, 0.3) is 5.69 Å². The third kappa shape index (κ3) is 10.9. The number of aliphatic imine (C=N–C) groups is 1. The molecule has 1 aromatic rings. The second-order valence-corrected chi connectivity index (χ2v) is 9.75. The molecule has 0 aliphatic carbocycles. The van der Waals surface area contributed by atoms with E-state index in [0.29, 0.717) is 0 Å². The van der Waals surface area contributed by atoms with E-state index < -0.39 is 58.0 Å². The number of guanidine groups is 1. The minimum Gasteiger partial charge on any atom is -0.477 e. The third-order valence-electron chi connectivity index (χ3n) is 5.63. The summed E-state index contributed by atoms with van der Waals surface area (Å²) in [6, 6.07) is 0.129. The molecule has 0 aliphatic rings. The lowest BCUT2D eigenvalue weighted by molar-refractivity contribution is -0.385. The Balaban J connectivity index is 3.19. The van der Waals surface area contributed by atoms with Crippen molar-refractivity contribution in [2.24, 2.45) is 34.0 Å². The van der Waals surface area contributed by atoms with Crippen molar-refractivity contribution >= 4 is 41.0 Å². The number of aromatic carboxylic acids is 1. The maximum Gasteiger partial charge on any atom is 0.342 e. The van der Waals surface area contributed by atoms with Crippen molar-refractivity contribution in [2.75, 3.05) is 11.9 Å². The highest BCUT2D eigenvalue weighted by molar-refractivity contribution is 6.00. The number of carboxylic acids is 1. The van der Waals surface area contributed by atoms with Crippen LogP contribution in [-0.2, 0) is 14.4 Å². The fraction of sp³-hybridized carbons (Fsp3) is 0.542. The summed E-state index contributed by atoms with van der Waals surface area (Å²) in [7, 11) is 0. The normalized spacial score (nSPS) is 13.2. The van der Waals surface area contributed by atoms with Crippen molar-refractivity contribution in [1.82, 2.24) is 10.6 Å². The number of nitrogens with one attached hydrogen (secondary N) is 3. The van der Waals surface area contributed by atoms with E-state index in [0.717, 1.165) is 12.1 Å². The fourth-order valence-electron chi connectivity index (χ4n) is 3.49. The molecule has 3 atom stereocenters. The molecule has 0 unspecified atom stereocenters. The summed E-state index contributed by atoms with van der Waals surface area (Å²) < 4.78 is 0. The van der Waals surface area contributed by atoms with E-state index in [-0.39, 0.29) is 49.3 Å². The minimum absolute atomic E-state index is 0.0139. The standard InChI is InChI=1S/C24H38N8O7/c1-12(2)10-17(31-22(35)19(25)13(3)4)21(34)30-16(6-5-9-28-24(26)27)20(33)29-14-7-8-18(32(38)39)15(11-14)23(36)37/h7-8,11-13,16-17,19H,5-6,9-10,25H2,1-4H3,(H,29,33)(H,30,34)(H,31,35)(H,36,37)(H4,26,27,28)/t16-,17-,19+/m0/s1. The molecule has 0 bridgehead atoms. The lowest BCUT2D eigenvalue weighted by atomic mass is 10.00. The van der Waals surface area contributed by atoms with E-state index in [1.807, 2.05) is 13.8 Å². The fourth-order valence-corrected chi connectivity index (χ4v) is 3.49. The van der Waals surface area contributed by atoms with E-state index in [2.05, 4.69) is 20.9 Å². The maximum absolute atomic E-state index is 13.2. The number of nitrogens with two attached hydrogens (primary N) is 3. The van der Waals surface area contributed by atoms with Crippen LogP contribution in [0, 0.1) is 22.0 Å². The van der Waals surface area contributed by atoms with Gasteiger partial charge in [0.1, 0.15) is 17.6 Å². The molecule has 39 heavy (non-hydrogen) atoms. The smallest absolute Gasteiger partial charge is 0.342 e. The summed E-state index contributed by atoms with van der Waals surface area (Å²) in [6.45, 7) is 7.43. The Hall–Kier alpha value is -4.27. The molecule has 0 radical (unpaired) electrons. The van der Waals surface area contributed by atoms with Crippen molar-refractivity contribution in [3.05, 3.63) is 33.9 Å². The molecular formula is C24H38N8O7. The number of rotatable bonds is 15. The van der Waals surface area contributed by atoms with Gasteiger partial charge in [-0.3, -0.25) is 29.5 Å². The van der Waals surface area contributed by atoms with Crippen molar-refractivity contribution in [2.45, 2.75) is 65.1 Å². The summed E-state index contributed by atoms with van der Waals surface area (Å²) in [5.74, 6) is -3.69. The summed E-state index contributed by atoms with van der Waals surface area (Å²) in [6.07, 6.45) is 0.645. The van der Waals surface area contributed by atoms with E-state index in [1.54, 1.807) is 13.8 Å². The number of carboxylic acid groups (broad SMARTS) is 1. The maximum atomic E-state index is 13.2. The largest absolute Gasteiger partial charge is 0.477 e. The number of nitrogens with zero attached hydrogens (tertiary/aromatic N) is 2. The number of carbonyl (C=O) groups is 4. The van der Waals surface area contributed by atoms with Crippen LogP contribution in [0.25, 0.3) is 0 Å². The molecule has 15 nitrogen and oxygen atoms in total. The quantitative estimate of drug-likeness (QED) is 0.0515. The SMILES string of the molecule is CC(C)C[C@H](NC(=O)[C@H](N)C(C)C)C(=O)N[C@@H](CCCN=C(N)N)C(=O)Nc1ccc([N+](=O)[O-])c(C(=O)O)c1. The van der Waals surface area contributed by atoms with Crippen LogP contribution in [0.2, 0.25) is 0 Å². The van der Waals surface area contributed by atoms with Gasteiger partial charge in [0, 0.05) is 18.3 Å². The van der Waals surface area contributed by atoms with Crippen molar-refractivity contribution in [3.8, 4) is 0 Å². The number of amides is 3. The summed E-state index contributed by atoms with van der Waals surface area (Å²) in [4.78, 5) is 64.5. The number of carbonyl (C=O) groups excluding carboxylic acids is 3. The molecule has 0 saturated carbocycles. The van der Waals surface area contributed by atoms with Crippen molar-refractivity contribution < 1.29 is 29.2 Å². The topological polar surface area (TPSA) is 258 Å². The van der Waals surface area contributed by atoms with Gasteiger partial charge in [-0.05, 0) is 43.2 Å². The highest BCUT2D eigenvalue weighted by atomic mass is 16.6. The molecule has 1 aromatic carbocycles. The zero-order valence-corrected chi connectivity index (χ0v) is 22.5. The van der Waals surface area contributed by atoms with Gasteiger partial charge in [0.15, 0.2) is 5.96 Å². The predicted molar refractivity (Wildman–Crippen MR) is 145 cm³/mol. The number of nitro groups is 1. The van der Waals surface area contributed by atoms with E-state index in [4.69, 9.17) is 17.2 Å². The zero-order valence-electron chi connectivity index (χ0n) is 22.5. The molecule has 0 spiro atoms. The Kier molecular flexibility index (Phi) is 12.8. The van der Waals surface area contributed by atoms with Gasteiger partial charge in [-0.2, -0.15) is 0 Å². The second-order valence-electron chi connectivity index (χ2n) is 9.75. The summed E-state index contributed by atoms with van der Waals surface area (Å²) in [5, 5.41) is 28.2. The molecule has 0 aliphatic heterocycles. The van der Waals surface area contributed by atoms with E-state index >= 15 is 0 Å². The van der Waals surface area contributed by atoms with Crippen LogP contribution in [0.5, 0.6) is 0 Å². The Labute approximate surface area is 226 Å². The Morgan fingerprint density at radius 3 is 2.15 bits per heavy atom. The van der Waals surface area contributed by atoms with Crippen LogP contribution in [0.4, 0.5) is 11.4 Å². The molecular weight excluding hydrogens is 512 g/mol. The predicted octanol–water partition coefficient (Wildman–Crippen LogP) is 0.284. The minimum atomic E-state index is -1.55. The lowest BCUT2D eigenvalue weighted by Gasteiger charge is -2.26. The zero-order chi connectivity index (χ0) is 29.9. The molecule has 0 fully saturated rings. The van der Waals surface area contributed by atoms with Gasteiger partial charge in [-0.1, -0.05) is 27.7 Å². The van der Waals surface area contributed by atoms with Crippen LogP contribution < -0.4 is 33.2 Å². The molecule has 0 heterocycles. The highest BCUT2D eigenvalue weighted by Crippen LogP contribution is 2.23. The van der Waals surface area contributed by atoms with E-state index in [9.17, 15) is 34.4 Å². The average molecular weight is 551 g/mol. The number of anilines is 1. The first-order valence-electron chi connectivity index (χ1n) is 12.4. The van der Waals surface area contributed by atoms with Crippen molar-refractivity contribution in [3.63, 3.8) is 0 Å². The number of benzene rings is 1. The molecule has 15 heteroatoms. The molecule has 0 saturated heterocycles. The monoisotopic (exact) mass is 550 g/mol. The Morgan fingerprint density at radius 2 is 1.64 bits per heavy atom. The van der Waals surface area contributed by atoms with Gasteiger partial charge in [-0.25, -0.2) is 4.79 Å². The first-order valence-corrected chi connectivity index (χ1v) is 12.4. The number of hydrogen-bond acceptors (Lipinski definition) is 8. The molecule has 0 aromatic heterocycles. The average Bonchev–Trinajstić information content (AvgIpc) is 2.83. The second kappa shape index (κ2) is 15.2. The van der Waals surface area contributed by atoms with Gasteiger partial charge in [-0.15, -0.1) is 0 Å². The lowest BCUT2D eigenvalue weighted by Crippen LogP contribution is -2.56. The molecule has 216 valence electrons. The summed E-state index contributed by atoms with van der Waals surface area (Å²) in [5.41, 5.74) is 15.3.